The lowest BCUT2D eigenvalue weighted by Crippen LogP contribution is -2.46. The lowest BCUT2D eigenvalue weighted by atomic mass is 9.85. The Morgan fingerprint density at radius 1 is 1.35 bits per heavy atom. The summed E-state index contributed by atoms with van der Waals surface area (Å²) in [6.07, 6.45) is 3.83. The molecule has 1 fully saturated rings. The molecule has 3 N–H and O–H groups in total. The van der Waals surface area contributed by atoms with Crippen molar-refractivity contribution in [1.29, 1.82) is 0 Å². The van der Waals surface area contributed by atoms with Gasteiger partial charge in [0.2, 0.25) is 0 Å². The summed E-state index contributed by atoms with van der Waals surface area (Å²) in [4.78, 5) is 30.8. The van der Waals surface area contributed by atoms with Crippen LogP contribution in [0, 0.1) is 0 Å². The third-order valence-electron chi connectivity index (χ3n) is 5.11. The summed E-state index contributed by atoms with van der Waals surface area (Å²) >= 11 is 1.32. The van der Waals surface area contributed by atoms with Crippen molar-refractivity contribution in [2.75, 3.05) is 24.6 Å². The van der Waals surface area contributed by atoms with Crippen LogP contribution in [0.25, 0.3) is 0 Å². The molecule has 2 aromatic heterocycles. The van der Waals surface area contributed by atoms with Crippen LogP contribution in [-0.4, -0.2) is 41.7 Å². The number of nitrogens with two attached hydrogens (primary N) is 1. The zero-order chi connectivity index (χ0) is 18.3. The Morgan fingerprint density at radius 3 is 2.81 bits per heavy atom. The van der Waals surface area contributed by atoms with Crippen molar-refractivity contribution in [3.05, 3.63) is 45.3 Å². The van der Waals surface area contributed by atoms with Gasteiger partial charge in [-0.2, -0.15) is 0 Å². The summed E-state index contributed by atoms with van der Waals surface area (Å²) in [6, 6.07) is 5.16. The van der Waals surface area contributed by atoms with E-state index in [2.05, 4.69) is 9.88 Å². The summed E-state index contributed by atoms with van der Waals surface area (Å²) < 4.78 is 6.17. The molecule has 136 valence electrons. The molecule has 2 aliphatic heterocycles. The van der Waals surface area contributed by atoms with E-state index >= 15 is 0 Å². The number of aromatic nitrogens is 1. The molecule has 1 saturated heterocycles. The number of carbonyl (C=O) groups is 2. The minimum absolute atomic E-state index is 0.364. The number of fused-ring (bicyclic) bond motifs is 2. The number of rotatable bonds is 3. The van der Waals surface area contributed by atoms with Gasteiger partial charge in [-0.15, -0.1) is 11.3 Å². The van der Waals surface area contributed by atoms with Gasteiger partial charge in [-0.3, -0.25) is 4.79 Å². The molecule has 1 amide bonds. The summed E-state index contributed by atoms with van der Waals surface area (Å²) in [7, 11) is 0. The number of pyridine rings is 1. The second-order valence-corrected chi connectivity index (χ2v) is 7.64. The Labute approximate surface area is 154 Å². The number of ether oxygens (including phenoxy) is 1. The molecule has 0 atom stereocenters. The van der Waals surface area contributed by atoms with E-state index in [1.165, 1.54) is 11.3 Å². The van der Waals surface area contributed by atoms with Crippen molar-refractivity contribution >= 4 is 29.0 Å². The molecule has 0 unspecified atom stereocenters. The fraction of sp³-hybridized carbons (Fsp3) is 0.389. The van der Waals surface area contributed by atoms with E-state index in [1.54, 1.807) is 24.4 Å². The third kappa shape index (κ3) is 2.75. The smallest absolute Gasteiger partial charge is 0.345 e. The van der Waals surface area contributed by atoms with Crippen molar-refractivity contribution in [3.63, 3.8) is 0 Å². The van der Waals surface area contributed by atoms with E-state index in [4.69, 9.17) is 10.5 Å². The summed E-state index contributed by atoms with van der Waals surface area (Å²) in [5.41, 5.74) is 6.53. The van der Waals surface area contributed by atoms with Gasteiger partial charge in [0.15, 0.2) is 0 Å². The van der Waals surface area contributed by atoms with Gasteiger partial charge in [0, 0.05) is 24.2 Å². The van der Waals surface area contributed by atoms with E-state index in [0.717, 1.165) is 16.9 Å². The Bertz CT molecular complexity index is 871. The second kappa shape index (κ2) is 6.37. The number of nitrogens with zero attached hydrogens (tertiary/aromatic N) is 2. The summed E-state index contributed by atoms with van der Waals surface area (Å²) in [5, 5.41) is 9.30. The van der Waals surface area contributed by atoms with Crippen molar-refractivity contribution < 1.29 is 19.4 Å². The maximum Gasteiger partial charge on any atom is 0.345 e. The molecule has 1 spiro atoms. The van der Waals surface area contributed by atoms with Crippen molar-refractivity contribution in [2.24, 2.45) is 5.73 Å². The highest BCUT2D eigenvalue weighted by molar-refractivity contribution is 7.14. The number of piperidine rings is 1. The topological polar surface area (TPSA) is 106 Å². The predicted octanol–water partition coefficient (Wildman–Crippen LogP) is 2.01. The third-order valence-corrected chi connectivity index (χ3v) is 6.46. The molecule has 0 aliphatic carbocycles. The lowest BCUT2D eigenvalue weighted by Gasteiger charge is -2.44. The number of anilines is 1. The minimum atomic E-state index is -0.892. The van der Waals surface area contributed by atoms with Crippen LogP contribution in [0.15, 0.2) is 24.4 Å². The SMILES string of the molecule is NC(=O)c1cccnc1N1CCC2(CC1)OCCc1cc(C(=O)O)sc12. The number of carboxylic acid groups (broad SMARTS) is 1. The molecule has 4 rings (SSSR count). The van der Waals surface area contributed by atoms with Crippen molar-refractivity contribution in [1.82, 2.24) is 4.98 Å². The second-order valence-electron chi connectivity index (χ2n) is 6.59. The van der Waals surface area contributed by atoms with Crippen LogP contribution in [0.3, 0.4) is 0 Å². The number of thiophene rings is 1. The Morgan fingerprint density at radius 2 is 2.12 bits per heavy atom. The first kappa shape index (κ1) is 17.0. The van der Waals surface area contributed by atoms with Crippen LogP contribution in [0.5, 0.6) is 0 Å². The molecule has 7 nitrogen and oxygen atoms in total. The van der Waals surface area contributed by atoms with Gasteiger partial charge in [0.1, 0.15) is 16.3 Å². The van der Waals surface area contributed by atoms with E-state index in [9.17, 15) is 14.7 Å². The molecule has 2 aliphatic rings. The Kier molecular flexibility index (Phi) is 4.16. The monoisotopic (exact) mass is 373 g/mol. The van der Waals surface area contributed by atoms with Gasteiger partial charge in [-0.25, -0.2) is 9.78 Å². The van der Waals surface area contributed by atoms with E-state index in [1.807, 2.05) is 0 Å². The first-order valence-electron chi connectivity index (χ1n) is 8.50. The van der Waals surface area contributed by atoms with Gasteiger partial charge in [0.25, 0.3) is 5.91 Å². The number of amides is 1. The first-order chi connectivity index (χ1) is 12.5. The number of carboxylic acids is 1. The zero-order valence-electron chi connectivity index (χ0n) is 14.1. The van der Waals surface area contributed by atoms with Gasteiger partial charge in [-0.1, -0.05) is 0 Å². The predicted molar refractivity (Wildman–Crippen MR) is 96.8 cm³/mol. The summed E-state index contributed by atoms with van der Waals surface area (Å²) in [6.45, 7) is 1.92. The average molecular weight is 373 g/mol. The average Bonchev–Trinajstić information content (AvgIpc) is 3.09. The highest BCUT2D eigenvalue weighted by Crippen LogP contribution is 2.46. The molecule has 0 aromatic carbocycles. The van der Waals surface area contributed by atoms with Gasteiger partial charge in [0.05, 0.1) is 12.2 Å². The van der Waals surface area contributed by atoms with Crippen LogP contribution in [0.2, 0.25) is 0 Å². The maximum atomic E-state index is 11.7. The standard InChI is InChI=1S/C18H19N3O4S/c19-15(22)12-2-1-6-20-16(12)21-7-4-18(5-8-21)14-11(3-9-25-18)10-13(26-14)17(23)24/h1-2,6,10H,3-5,7-9H2,(H2,19,22)(H,23,24). The zero-order valence-corrected chi connectivity index (χ0v) is 14.9. The molecular weight excluding hydrogens is 354 g/mol. The molecular formula is C18H19N3O4S. The minimum Gasteiger partial charge on any atom is -0.477 e. The van der Waals surface area contributed by atoms with Crippen LogP contribution in [0.1, 0.15) is 43.3 Å². The Hall–Kier alpha value is -2.45. The van der Waals surface area contributed by atoms with Crippen molar-refractivity contribution in [2.45, 2.75) is 24.9 Å². The number of hydrogen-bond acceptors (Lipinski definition) is 6. The first-order valence-corrected chi connectivity index (χ1v) is 9.32. The van der Waals surface area contributed by atoms with Crippen molar-refractivity contribution in [3.8, 4) is 0 Å². The van der Waals surface area contributed by atoms with E-state index < -0.39 is 17.5 Å². The largest absolute Gasteiger partial charge is 0.477 e. The van der Waals surface area contributed by atoms with Crippen LogP contribution >= 0.6 is 11.3 Å². The van der Waals surface area contributed by atoms with E-state index in [0.29, 0.717) is 48.8 Å². The molecule has 2 aromatic rings. The fourth-order valence-corrected chi connectivity index (χ4v) is 5.07. The van der Waals surface area contributed by atoms with Gasteiger partial charge >= 0.3 is 5.97 Å². The highest BCUT2D eigenvalue weighted by atomic mass is 32.1. The number of hydrogen-bond donors (Lipinski definition) is 2. The maximum absolute atomic E-state index is 11.7. The quantitative estimate of drug-likeness (QED) is 0.852. The normalized spacial score (nSPS) is 18.5. The van der Waals surface area contributed by atoms with Gasteiger partial charge < -0.3 is 20.5 Å². The van der Waals surface area contributed by atoms with Gasteiger partial charge in [-0.05, 0) is 43.0 Å². The number of primary amides is 1. The molecule has 4 heterocycles. The number of carbonyl (C=O) groups excluding carboxylic acids is 1. The summed E-state index contributed by atoms with van der Waals surface area (Å²) in [5.74, 6) is -0.784. The lowest BCUT2D eigenvalue weighted by molar-refractivity contribution is -0.0735. The molecule has 26 heavy (non-hydrogen) atoms. The van der Waals surface area contributed by atoms with Crippen LogP contribution < -0.4 is 10.6 Å². The number of aromatic carboxylic acids is 1. The fourth-order valence-electron chi connectivity index (χ4n) is 3.82. The highest BCUT2D eigenvalue weighted by Gasteiger charge is 2.43. The van der Waals surface area contributed by atoms with E-state index in [-0.39, 0.29) is 0 Å². The molecule has 0 bridgehead atoms. The van der Waals surface area contributed by atoms with Crippen LogP contribution in [-0.2, 0) is 16.8 Å². The Balaban J connectivity index is 1.60. The molecule has 8 heteroatoms. The molecule has 0 radical (unpaired) electrons. The van der Waals surface area contributed by atoms with Crippen LogP contribution in [0.4, 0.5) is 5.82 Å². The molecule has 0 saturated carbocycles.